The second kappa shape index (κ2) is 6.10. The number of aromatic nitrogens is 2. The predicted molar refractivity (Wildman–Crippen MR) is 76.0 cm³/mol. The highest BCUT2D eigenvalue weighted by Gasteiger charge is 2.05. The summed E-state index contributed by atoms with van der Waals surface area (Å²) in [6.45, 7) is 1.77. The van der Waals surface area contributed by atoms with Crippen LogP contribution in [0.15, 0.2) is 34.2 Å². The zero-order valence-electron chi connectivity index (χ0n) is 10.1. The molecular weight excluding hydrogens is 286 g/mol. The first-order chi connectivity index (χ1) is 9.08. The molecule has 2 aromatic rings. The lowest BCUT2D eigenvalue weighted by atomic mass is 10.2. The van der Waals surface area contributed by atoms with E-state index >= 15 is 0 Å². The second-order valence-corrected chi connectivity index (χ2v) is 5.27. The van der Waals surface area contributed by atoms with Crippen LogP contribution in [0.2, 0.25) is 5.02 Å². The minimum Gasteiger partial charge on any atom is -0.301 e. The summed E-state index contributed by atoms with van der Waals surface area (Å²) in [6.07, 6.45) is 0. The van der Waals surface area contributed by atoms with Crippen molar-refractivity contribution in [1.29, 1.82) is 0 Å². The standard InChI is InChI=1S/C12H12ClN3O2S/c1-7-4-11(17)15-12(14-7)19-6-8-2-3-9(16-18)5-10(8)13/h2-5,16,18H,6H2,1H3,(H,14,15,17). The molecule has 0 radical (unpaired) electrons. The molecular formula is C12H12ClN3O2S. The summed E-state index contributed by atoms with van der Waals surface area (Å²) in [5.74, 6) is 0.580. The van der Waals surface area contributed by atoms with Crippen molar-refractivity contribution in [2.45, 2.75) is 17.8 Å². The average Bonchev–Trinajstić information content (AvgIpc) is 2.36. The van der Waals surface area contributed by atoms with Crippen LogP contribution >= 0.6 is 23.4 Å². The van der Waals surface area contributed by atoms with E-state index in [-0.39, 0.29) is 5.56 Å². The van der Waals surface area contributed by atoms with Gasteiger partial charge in [0, 0.05) is 22.5 Å². The minimum atomic E-state index is -0.166. The Morgan fingerprint density at radius 1 is 1.47 bits per heavy atom. The molecule has 0 atom stereocenters. The van der Waals surface area contributed by atoms with Crippen LogP contribution in [-0.4, -0.2) is 15.2 Å². The van der Waals surface area contributed by atoms with Crippen LogP contribution in [0.25, 0.3) is 0 Å². The average molecular weight is 298 g/mol. The van der Waals surface area contributed by atoms with Gasteiger partial charge in [0.05, 0.1) is 5.69 Å². The molecule has 3 N–H and O–H groups in total. The van der Waals surface area contributed by atoms with E-state index in [0.29, 0.717) is 27.3 Å². The molecule has 0 aliphatic heterocycles. The predicted octanol–water partition coefficient (Wildman–Crippen LogP) is 2.83. The number of aryl methyl sites for hydroxylation is 1. The molecule has 1 heterocycles. The zero-order valence-corrected chi connectivity index (χ0v) is 11.7. The number of benzene rings is 1. The molecule has 0 saturated carbocycles. The van der Waals surface area contributed by atoms with E-state index in [9.17, 15) is 4.79 Å². The molecule has 0 spiro atoms. The van der Waals surface area contributed by atoms with Crippen molar-refractivity contribution in [3.05, 3.63) is 50.9 Å². The van der Waals surface area contributed by atoms with Gasteiger partial charge in [-0.1, -0.05) is 29.4 Å². The number of thioether (sulfide) groups is 1. The molecule has 5 nitrogen and oxygen atoms in total. The van der Waals surface area contributed by atoms with Crippen molar-refractivity contribution in [2.75, 3.05) is 5.48 Å². The number of nitrogens with zero attached hydrogens (tertiary/aromatic N) is 1. The maximum absolute atomic E-state index is 11.3. The maximum Gasteiger partial charge on any atom is 0.251 e. The van der Waals surface area contributed by atoms with E-state index in [1.807, 2.05) is 11.5 Å². The summed E-state index contributed by atoms with van der Waals surface area (Å²) in [6, 6.07) is 6.60. The van der Waals surface area contributed by atoms with Gasteiger partial charge in [0.1, 0.15) is 0 Å². The lowest BCUT2D eigenvalue weighted by molar-refractivity contribution is 0.389. The van der Waals surface area contributed by atoms with Gasteiger partial charge in [-0.2, -0.15) is 0 Å². The first kappa shape index (κ1) is 13.9. The van der Waals surface area contributed by atoms with Crippen molar-refractivity contribution in [3.63, 3.8) is 0 Å². The summed E-state index contributed by atoms with van der Waals surface area (Å²) in [4.78, 5) is 18.2. The second-order valence-electron chi connectivity index (χ2n) is 3.90. The summed E-state index contributed by atoms with van der Waals surface area (Å²) >= 11 is 7.48. The zero-order chi connectivity index (χ0) is 13.8. The molecule has 7 heteroatoms. The molecule has 0 saturated heterocycles. The van der Waals surface area contributed by atoms with Crippen molar-refractivity contribution in [1.82, 2.24) is 9.97 Å². The van der Waals surface area contributed by atoms with Gasteiger partial charge in [0.15, 0.2) is 5.16 Å². The van der Waals surface area contributed by atoms with E-state index in [2.05, 4.69) is 9.97 Å². The number of nitrogens with one attached hydrogen (secondary N) is 2. The molecule has 2 rings (SSSR count). The molecule has 0 amide bonds. The van der Waals surface area contributed by atoms with Crippen molar-refractivity contribution in [3.8, 4) is 0 Å². The third kappa shape index (κ3) is 3.73. The van der Waals surface area contributed by atoms with E-state index < -0.39 is 0 Å². The number of halogens is 1. The molecule has 100 valence electrons. The Morgan fingerprint density at radius 2 is 2.26 bits per heavy atom. The van der Waals surface area contributed by atoms with Gasteiger partial charge in [-0.05, 0) is 24.6 Å². The Balaban J connectivity index is 2.12. The number of anilines is 1. The summed E-state index contributed by atoms with van der Waals surface area (Å²) in [5, 5.41) is 9.86. The monoisotopic (exact) mass is 297 g/mol. The lowest BCUT2D eigenvalue weighted by Crippen LogP contribution is -2.08. The third-order valence-corrected chi connectivity index (χ3v) is 3.67. The smallest absolute Gasteiger partial charge is 0.251 e. The number of aromatic amines is 1. The normalized spacial score (nSPS) is 10.5. The Kier molecular flexibility index (Phi) is 4.47. The van der Waals surface area contributed by atoms with Crippen LogP contribution < -0.4 is 11.0 Å². The first-order valence-electron chi connectivity index (χ1n) is 5.48. The highest BCUT2D eigenvalue weighted by Crippen LogP contribution is 2.26. The van der Waals surface area contributed by atoms with Crippen LogP contribution in [-0.2, 0) is 5.75 Å². The Morgan fingerprint density at radius 3 is 2.89 bits per heavy atom. The molecule has 0 unspecified atom stereocenters. The maximum atomic E-state index is 11.3. The van der Waals surface area contributed by atoms with Gasteiger partial charge < -0.3 is 4.98 Å². The molecule has 0 fully saturated rings. The molecule has 1 aromatic carbocycles. The van der Waals surface area contributed by atoms with Crippen LogP contribution in [0.1, 0.15) is 11.3 Å². The molecule has 0 aliphatic rings. The van der Waals surface area contributed by atoms with Crippen LogP contribution in [0.4, 0.5) is 5.69 Å². The highest BCUT2D eigenvalue weighted by molar-refractivity contribution is 7.98. The number of hydrogen-bond donors (Lipinski definition) is 3. The van der Waals surface area contributed by atoms with Crippen molar-refractivity contribution in [2.24, 2.45) is 0 Å². The summed E-state index contributed by atoms with van der Waals surface area (Å²) < 4.78 is 0. The van der Waals surface area contributed by atoms with Crippen LogP contribution in [0.5, 0.6) is 0 Å². The Hall–Kier alpha value is -1.50. The van der Waals surface area contributed by atoms with E-state index in [4.69, 9.17) is 16.8 Å². The van der Waals surface area contributed by atoms with Gasteiger partial charge >= 0.3 is 0 Å². The largest absolute Gasteiger partial charge is 0.301 e. The van der Waals surface area contributed by atoms with Crippen molar-refractivity contribution < 1.29 is 5.21 Å². The fourth-order valence-electron chi connectivity index (χ4n) is 1.50. The van der Waals surface area contributed by atoms with E-state index in [1.54, 1.807) is 19.1 Å². The van der Waals surface area contributed by atoms with Crippen molar-refractivity contribution >= 4 is 29.1 Å². The molecule has 0 aliphatic carbocycles. The quantitative estimate of drug-likeness (QED) is 0.459. The number of H-pyrrole nitrogens is 1. The molecule has 1 aromatic heterocycles. The minimum absolute atomic E-state index is 0.166. The van der Waals surface area contributed by atoms with E-state index in [0.717, 1.165) is 5.56 Å². The lowest BCUT2D eigenvalue weighted by Gasteiger charge is -2.06. The number of rotatable bonds is 4. The van der Waals surface area contributed by atoms with Crippen LogP contribution in [0.3, 0.4) is 0 Å². The van der Waals surface area contributed by atoms with Gasteiger partial charge in [-0.15, -0.1) is 0 Å². The van der Waals surface area contributed by atoms with E-state index in [1.165, 1.54) is 17.8 Å². The summed E-state index contributed by atoms with van der Waals surface area (Å²) in [5.41, 5.74) is 3.97. The number of hydrogen-bond acceptors (Lipinski definition) is 5. The molecule has 19 heavy (non-hydrogen) atoms. The Bertz CT molecular complexity index is 645. The topological polar surface area (TPSA) is 78.0 Å². The summed E-state index contributed by atoms with van der Waals surface area (Å²) in [7, 11) is 0. The van der Waals surface area contributed by atoms with Gasteiger partial charge in [-0.3, -0.25) is 15.5 Å². The fourth-order valence-corrected chi connectivity index (χ4v) is 2.75. The van der Waals surface area contributed by atoms with Gasteiger partial charge in [0.25, 0.3) is 5.56 Å². The van der Waals surface area contributed by atoms with Gasteiger partial charge in [-0.25, -0.2) is 4.98 Å². The van der Waals surface area contributed by atoms with Gasteiger partial charge in [0.2, 0.25) is 0 Å². The highest BCUT2D eigenvalue weighted by atomic mass is 35.5. The fraction of sp³-hybridized carbons (Fsp3) is 0.167. The van der Waals surface area contributed by atoms with Crippen LogP contribution in [0, 0.1) is 6.92 Å². The third-order valence-electron chi connectivity index (χ3n) is 2.39. The SMILES string of the molecule is Cc1cc(=O)[nH]c(SCc2ccc(NO)cc2Cl)n1. The Labute approximate surface area is 119 Å². The molecule has 0 bridgehead atoms. The first-order valence-corrected chi connectivity index (χ1v) is 6.84.